The predicted molar refractivity (Wildman–Crippen MR) is 98.2 cm³/mol. The molecule has 0 spiro atoms. The zero-order chi connectivity index (χ0) is 21.3. The highest BCUT2D eigenvalue weighted by Crippen LogP contribution is 2.36. The van der Waals surface area contributed by atoms with Gasteiger partial charge < -0.3 is 39.7 Å². The van der Waals surface area contributed by atoms with Gasteiger partial charge in [0.1, 0.15) is 18.0 Å². The average Bonchev–Trinajstić information content (AvgIpc) is 2.65. The summed E-state index contributed by atoms with van der Waals surface area (Å²) in [6.07, 6.45) is -6.90. The highest BCUT2D eigenvalue weighted by Gasteiger charge is 2.51. The smallest absolute Gasteiger partial charge is 0.329 e. The molecule has 5 N–H and O–H groups in total. The van der Waals surface area contributed by atoms with Crippen LogP contribution in [0, 0.1) is 11.8 Å². The molecule has 1 rings (SSSR count). The second kappa shape index (κ2) is 12.0. The van der Waals surface area contributed by atoms with E-state index in [9.17, 15) is 30.0 Å². The lowest BCUT2D eigenvalue weighted by atomic mass is 9.80. The van der Waals surface area contributed by atoms with Gasteiger partial charge in [-0.3, -0.25) is 9.59 Å². The van der Waals surface area contributed by atoms with Gasteiger partial charge in [-0.05, 0) is 0 Å². The van der Waals surface area contributed by atoms with E-state index in [1.807, 2.05) is 0 Å². The Kier molecular flexibility index (Phi) is 10.8. The molecule has 0 radical (unpaired) electrons. The van der Waals surface area contributed by atoms with E-state index >= 15 is 0 Å². The van der Waals surface area contributed by atoms with Crippen LogP contribution in [0.4, 0.5) is 0 Å². The van der Waals surface area contributed by atoms with Crippen LogP contribution < -0.4 is 0 Å². The fraction of sp³-hybridized carbons (Fsp3) is 0.882. The van der Waals surface area contributed by atoms with E-state index in [1.54, 1.807) is 14.0 Å². The third-order valence-electron chi connectivity index (χ3n) is 4.64. The van der Waals surface area contributed by atoms with Gasteiger partial charge in [0.2, 0.25) is 0 Å². The molecule has 0 amide bonds. The van der Waals surface area contributed by atoms with E-state index in [4.69, 9.17) is 14.6 Å². The molecule has 7 atom stereocenters. The van der Waals surface area contributed by atoms with Crippen LogP contribution in [0.1, 0.15) is 19.8 Å². The molecule has 10 nitrogen and oxygen atoms in total. The summed E-state index contributed by atoms with van der Waals surface area (Å²) < 4.78 is 14.6. The van der Waals surface area contributed by atoms with E-state index in [-0.39, 0.29) is 24.6 Å². The quantitative estimate of drug-likeness (QED) is 0.129. The number of methoxy groups -OCH3 is 1. The summed E-state index contributed by atoms with van der Waals surface area (Å²) in [5.41, 5.74) is 0. The van der Waals surface area contributed by atoms with Crippen molar-refractivity contribution >= 4 is 24.0 Å². The number of rotatable bonds is 13. The van der Waals surface area contributed by atoms with Crippen molar-refractivity contribution in [2.75, 3.05) is 31.8 Å². The number of aliphatic hydroxyl groups is 5. The van der Waals surface area contributed by atoms with Crippen LogP contribution in [0.2, 0.25) is 0 Å². The van der Waals surface area contributed by atoms with E-state index in [0.29, 0.717) is 12.4 Å². The molecule has 0 aromatic carbocycles. The standard InChI is InChI=1S/C17H30O10S/c1-10(8-28-4-3-25-2)12(20)5-11-13(21)6-17(24,26-9-19)27-16(11)15(23)14(22)7-18/h9-11,13-16,18,21-24H,3-8H2,1-2H3. The minimum Gasteiger partial charge on any atom is -0.410 e. The highest BCUT2D eigenvalue weighted by molar-refractivity contribution is 7.99. The van der Waals surface area contributed by atoms with Gasteiger partial charge in [0.05, 0.1) is 31.8 Å². The lowest BCUT2D eigenvalue weighted by Crippen LogP contribution is -2.59. The molecule has 0 saturated carbocycles. The van der Waals surface area contributed by atoms with Gasteiger partial charge in [0.25, 0.3) is 6.47 Å². The molecule has 1 aliphatic heterocycles. The molecule has 1 saturated heterocycles. The first-order chi connectivity index (χ1) is 13.2. The second-order valence-corrected chi connectivity index (χ2v) is 7.97. The molecule has 1 fully saturated rings. The van der Waals surface area contributed by atoms with E-state index in [1.165, 1.54) is 11.8 Å². The average molecular weight is 426 g/mol. The Hall–Kier alpha value is -0.790. The van der Waals surface area contributed by atoms with Crippen molar-refractivity contribution in [3.05, 3.63) is 0 Å². The molecule has 164 valence electrons. The maximum atomic E-state index is 12.6. The molecule has 1 heterocycles. The van der Waals surface area contributed by atoms with Gasteiger partial charge >= 0.3 is 5.97 Å². The lowest BCUT2D eigenvalue weighted by Gasteiger charge is -2.45. The van der Waals surface area contributed by atoms with Crippen molar-refractivity contribution in [1.82, 2.24) is 0 Å². The Morgan fingerprint density at radius 3 is 2.68 bits per heavy atom. The molecule has 7 unspecified atom stereocenters. The number of ether oxygens (including phenoxy) is 3. The first-order valence-electron chi connectivity index (χ1n) is 8.95. The van der Waals surface area contributed by atoms with Crippen LogP contribution in [0.5, 0.6) is 0 Å². The molecule has 11 heteroatoms. The maximum absolute atomic E-state index is 12.6. The largest absolute Gasteiger partial charge is 0.410 e. The van der Waals surface area contributed by atoms with Gasteiger partial charge in [-0.2, -0.15) is 11.8 Å². The second-order valence-electron chi connectivity index (χ2n) is 6.82. The van der Waals surface area contributed by atoms with E-state index in [0.717, 1.165) is 5.75 Å². The molecular formula is C17H30O10S. The Bertz CT molecular complexity index is 493. The number of hydrogen-bond donors (Lipinski definition) is 5. The monoisotopic (exact) mass is 426 g/mol. The lowest BCUT2D eigenvalue weighted by molar-refractivity contribution is -0.399. The Morgan fingerprint density at radius 1 is 1.43 bits per heavy atom. The number of ketones is 1. The van der Waals surface area contributed by atoms with Gasteiger partial charge in [-0.15, -0.1) is 0 Å². The summed E-state index contributed by atoms with van der Waals surface area (Å²) in [6, 6.07) is 0. The first-order valence-corrected chi connectivity index (χ1v) is 10.1. The Labute approximate surface area is 167 Å². The van der Waals surface area contributed by atoms with Crippen LogP contribution in [-0.4, -0.2) is 100 Å². The van der Waals surface area contributed by atoms with Gasteiger partial charge in [-0.25, -0.2) is 0 Å². The fourth-order valence-corrected chi connectivity index (χ4v) is 3.96. The number of thioether (sulfide) groups is 1. The van der Waals surface area contributed by atoms with Gasteiger partial charge in [-0.1, -0.05) is 6.92 Å². The summed E-state index contributed by atoms with van der Waals surface area (Å²) in [5, 5.41) is 49.6. The molecular weight excluding hydrogens is 396 g/mol. The zero-order valence-corrected chi connectivity index (χ0v) is 16.8. The third kappa shape index (κ3) is 7.23. The van der Waals surface area contributed by atoms with Gasteiger partial charge in [0.15, 0.2) is 0 Å². The Balaban J connectivity index is 2.86. The van der Waals surface area contributed by atoms with Crippen LogP contribution >= 0.6 is 11.8 Å². The van der Waals surface area contributed by atoms with E-state index < -0.39 is 49.3 Å². The minimum absolute atomic E-state index is 0.0799. The highest BCUT2D eigenvalue weighted by atomic mass is 32.2. The van der Waals surface area contributed by atoms with Gasteiger partial charge in [0, 0.05) is 36.9 Å². The first kappa shape index (κ1) is 25.2. The van der Waals surface area contributed by atoms with Crippen LogP contribution in [0.15, 0.2) is 0 Å². The summed E-state index contributed by atoms with van der Waals surface area (Å²) in [7, 11) is 1.58. The fourth-order valence-electron chi connectivity index (χ4n) is 2.96. The van der Waals surface area contributed by atoms with E-state index in [2.05, 4.69) is 4.74 Å². The molecule has 28 heavy (non-hydrogen) atoms. The predicted octanol–water partition coefficient (Wildman–Crippen LogP) is -1.74. The summed E-state index contributed by atoms with van der Waals surface area (Å²) in [4.78, 5) is 23.1. The molecule has 0 aromatic heterocycles. The molecule has 0 aliphatic carbocycles. The molecule has 0 aromatic rings. The van der Waals surface area contributed by atoms with Crippen LogP contribution in [0.25, 0.3) is 0 Å². The number of aliphatic hydroxyl groups excluding tert-OH is 4. The number of carbonyl (C=O) groups excluding carboxylic acids is 2. The van der Waals surface area contributed by atoms with Crippen LogP contribution in [-0.2, 0) is 23.8 Å². The van der Waals surface area contributed by atoms with Crippen molar-refractivity contribution in [3.63, 3.8) is 0 Å². The number of Topliss-reactive ketones (excluding diaryl/α,β-unsaturated/α-hetero) is 1. The van der Waals surface area contributed by atoms with Crippen molar-refractivity contribution in [2.45, 2.75) is 50.2 Å². The third-order valence-corrected chi connectivity index (χ3v) is 5.83. The minimum atomic E-state index is -2.51. The van der Waals surface area contributed by atoms with Crippen molar-refractivity contribution in [1.29, 1.82) is 0 Å². The number of carbonyl (C=O) groups is 2. The molecule has 0 bridgehead atoms. The van der Waals surface area contributed by atoms with Crippen molar-refractivity contribution in [2.24, 2.45) is 11.8 Å². The van der Waals surface area contributed by atoms with Crippen molar-refractivity contribution < 1.29 is 49.3 Å². The van der Waals surface area contributed by atoms with Crippen LogP contribution in [0.3, 0.4) is 0 Å². The summed E-state index contributed by atoms with van der Waals surface area (Å²) >= 11 is 1.54. The number of hydrogen-bond acceptors (Lipinski definition) is 11. The zero-order valence-electron chi connectivity index (χ0n) is 16.0. The van der Waals surface area contributed by atoms with Crippen molar-refractivity contribution in [3.8, 4) is 0 Å². The topological polar surface area (TPSA) is 163 Å². The summed E-state index contributed by atoms with van der Waals surface area (Å²) in [6.45, 7) is 1.40. The Morgan fingerprint density at radius 2 is 2.11 bits per heavy atom. The maximum Gasteiger partial charge on any atom is 0.329 e. The summed E-state index contributed by atoms with van der Waals surface area (Å²) in [5.74, 6) is -2.77. The molecule has 1 aliphatic rings. The SMILES string of the molecule is COCCSCC(C)C(=O)CC1C(O)CC(O)(OC=O)OC1C(O)C(O)CO. The normalized spacial score (nSPS) is 31.0.